The van der Waals surface area contributed by atoms with Gasteiger partial charge >= 0.3 is 6.03 Å². The fourth-order valence-corrected chi connectivity index (χ4v) is 3.09. The van der Waals surface area contributed by atoms with Gasteiger partial charge in [0.15, 0.2) is 0 Å². The largest absolute Gasteiger partial charge is 0.378 e. The van der Waals surface area contributed by atoms with Crippen molar-refractivity contribution in [2.24, 2.45) is 0 Å². The van der Waals surface area contributed by atoms with Crippen molar-refractivity contribution in [3.8, 4) is 0 Å². The topological polar surface area (TPSA) is 71.1 Å². The van der Waals surface area contributed by atoms with Gasteiger partial charge in [0.1, 0.15) is 0 Å². The molecule has 0 aliphatic carbocycles. The van der Waals surface area contributed by atoms with E-state index in [0.29, 0.717) is 57.3 Å². The molecule has 25 heavy (non-hydrogen) atoms. The van der Waals surface area contributed by atoms with Crippen LogP contribution < -0.4 is 5.32 Å². The highest BCUT2D eigenvalue weighted by Gasteiger charge is 2.34. The lowest BCUT2D eigenvalue weighted by atomic mass is 10.0. The van der Waals surface area contributed by atoms with Gasteiger partial charge in [0.25, 0.3) is 5.91 Å². The molecule has 2 saturated heterocycles. The number of hydrogen-bond acceptors (Lipinski definition) is 4. The van der Waals surface area contributed by atoms with E-state index in [9.17, 15) is 9.59 Å². The number of nitrogens with zero attached hydrogens (tertiary/aromatic N) is 2. The lowest BCUT2D eigenvalue weighted by molar-refractivity contribution is -0.0370. The van der Waals surface area contributed by atoms with Crippen LogP contribution in [0.4, 0.5) is 10.5 Å². The first-order chi connectivity index (χ1) is 12.0. The Kier molecular flexibility index (Phi) is 5.24. The minimum absolute atomic E-state index is 0.0456. The van der Waals surface area contributed by atoms with Gasteiger partial charge in [-0.1, -0.05) is 6.07 Å². The second kappa shape index (κ2) is 7.41. The van der Waals surface area contributed by atoms with E-state index in [2.05, 4.69) is 5.32 Å². The molecule has 0 spiro atoms. The molecule has 1 aromatic carbocycles. The predicted molar refractivity (Wildman–Crippen MR) is 93.8 cm³/mol. The summed E-state index contributed by atoms with van der Waals surface area (Å²) in [5.74, 6) is -0.0456. The summed E-state index contributed by atoms with van der Waals surface area (Å²) in [5, 5.41) is 2.87. The Morgan fingerprint density at radius 1 is 1.08 bits per heavy atom. The van der Waals surface area contributed by atoms with Crippen molar-refractivity contribution < 1.29 is 19.1 Å². The van der Waals surface area contributed by atoms with E-state index in [1.165, 1.54) is 0 Å². The number of nitrogens with one attached hydrogen (secondary N) is 1. The molecule has 1 N–H and O–H groups in total. The van der Waals surface area contributed by atoms with E-state index in [0.717, 1.165) is 0 Å². The molecule has 3 rings (SSSR count). The zero-order valence-electron chi connectivity index (χ0n) is 14.8. The number of ether oxygens (including phenoxy) is 2. The minimum atomic E-state index is -0.345. The van der Waals surface area contributed by atoms with Crippen molar-refractivity contribution in [2.45, 2.75) is 19.4 Å². The molecule has 0 radical (unpaired) electrons. The predicted octanol–water partition coefficient (Wildman–Crippen LogP) is 1.80. The molecule has 1 aromatic rings. The number of carbonyl (C=O) groups excluding carboxylic acids is 2. The quantitative estimate of drug-likeness (QED) is 0.886. The fraction of sp³-hybridized carbons (Fsp3) is 0.556. The molecular weight excluding hydrogens is 322 g/mol. The monoisotopic (exact) mass is 347 g/mol. The number of rotatable bonds is 2. The normalized spacial score (nSPS) is 20.2. The second-order valence-corrected chi connectivity index (χ2v) is 6.93. The number of anilines is 1. The van der Waals surface area contributed by atoms with Crippen LogP contribution in [0.2, 0.25) is 0 Å². The van der Waals surface area contributed by atoms with Gasteiger partial charge in [0.05, 0.1) is 32.0 Å². The van der Waals surface area contributed by atoms with Crippen LogP contribution in [0.3, 0.4) is 0 Å². The lowest BCUT2D eigenvalue weighted by Gasteiger charge is -2.42. The van der Waals surface area contributed by atoms with Crippen LogP contribution in [0.15, 0.2) is 24.3 Å². The molecule has 0 unspecified atom stereocenters. The summed E-state index contributed by atoms with van der Waals surface area (Å²) in [6, 6.07) is 6.92. The third-order valence-corrected chi connectivity index (χ3v) is 4.55. The Hall–Kier alpha value is -2.12. The molecule has 0 atom stereocenters. The van der Waals surface area contributed by atoms with E-state index >= 15 is 0 Å². The molecule has 2 aliphatic heterocycles. The summed E-state index contributed by atoms with van der Waals surface area (Å²) in [4.78, 5) is 28.7. The van der Waals surface area contributed by atoms with Crippen LogP contribution in [0, 0.1) is 0 Å². The van der Waals surface area contributed by atoms with Crippen molar-refractivity contribution in [1.82, 2.24) is 9.80 Å². The number of amides is 3. The summed E-state index contributed by atoms with van der Waals surface area (Å²) in [7, 11) is 0. The van der Waals surface area contributed by atoms with E-state index in [1.54, 1.807) is 29.2 Å². The molecule has 136 valence electrons. The van der Waals surface area contributed by atoms with Crippen molar-refractivity contribution in [1.29, 1.82) is 0 Å². The van der Waals surface area contributed by atoms with Gasteiger partial charge in [-0.05, 0) is 32.0 Å². The molecule has 7 nitrogen and oxygen atoms in total. The van der Waals surface area contributed by atoms with Gasteiger partial charge < -0.3 is 24.6 Å². The Balaban J connectivity index is 1.70. The van der Waals surface area contributed by atoms with Crippen molar-refractivity contribution in [3.63, 3.8) is 0 Å². The van der Waals surface area contributed by atoms with Crippen LogP contribution in [0.5, 0.6) is 0 Å². The molecule has 7 heteroatoms. The molecule has 0 bridgehead atoms. The van der Waals surface area contributed by atoms with E-state index in [1.807, 2.05) is 18.7 Å². The van der Waals surface area contributed by atoms with Gasteiger partial charge in [0, 0.05) is 30.9 Å². The molecule has 0 saturated carbocycles. The zero-order valence-corrected chi connectivity index (χ0v) is 14.8. The maximum Gasteiger partial charge on any atom is 0.321 e. The SMILES string of the molecule is CC1(C)COCCN1C(=O)c1cccc(NC(=O)N2CCOCC2)c1. The molecule has 3 amide bonds. The molecule has 2 fully saturated rings. The number of urea groups is 1. The van der Waals surface area contributed by atoms with Crippen LogP contribution in [0.25, 0.3) is 0 Å². The molecular formula is C18H25N3O4. The highest BCUT2D eigenvalue weighted by molar-refractivity contribution is 5.97. The lowest BCUT2D eigenvalue weighted by Crippen LogP contribution is -2.55. The molecule has 2 heterocycles. The van der Waals surface area contributed by atoms with Gasteiger partial charge in [-0.25, -0.2) is 4.79 Å². The summed E-state index contributed by atoms with van der Waals surface area (Å²) in [6.45, 7) is 7.88. The fourth-order valence-electron chi connectivity index (χ4n) is 3.09. The highest BCUT2D eigenvalue weighted by Crippen LogP contribution is 2.23. The van der Waals surface area contributed by atoms with E-state index in [-0.39, 0.29) is 17.5 Å². The minimum Gasteiger partial charge on any atom is -0.378 e. The van der Waals surface area contributed by atoms with Gasteiger partial charge in [-0.3, -0.25) is 4.79 Å². The average molecular weight is 347 g/mol. The second-order valence-electron chi connectivity index (χ2n) is 6.93. The summed E-state index contributed by atoms with van der Waals surface area (Å²) in [5.41, 5.74) is 0.839. The first-order valence-corrected chi connectivity index (χ1v) is 8.61. The Bertz CT molecular complexity index is 641. The zero-order chi connectivity index (χ0) is 17.9. The summed E-state index contributed by atoms with van der Waals surface area (Å²) in [6.07, 6.45) is 0. The Morgan fingerprint density at radius 2 is 1.80 bits per heavy atom. The summed E-state index contributed by atoms with van der Waals surface area (Å²) < 4.78 is 10.7. The maximum atomic E-state index is 12.9. The third-order valence-electron chi connectivity index (χ3n) is 4.55. The maximum absolute atomic E-state index is 12.9. The number of hydrogen-bond donors (Lipinski definition) is 1. The van der Waals surface area contributed by atoms with Crippen LogP contribution in [0.1, 0.15) is 24.2 Å². The number of morpholine rings is 2. The van der Waals surface area contributed by atoms with E-state index < -0.39 is 0 Å². The first kappa shape index (κ1) is 17.7. The van der Waals surface area contributed by atoms with Crippen LogP contribution in [-0.4, -0.2) is 73.3 Å². The van der Waals surface area contributed by atoms with Gasteiger partial charge in [0.2, 0.25) is 0 Å². The van der Waals surface area contributed by atoms with Crippen LogP contribution >= 0.6 is 0 Å². The smallest absolute Gasteiger partial charge is 0.321 e. The van der Waals surface area contributed by atoms with Gasteiger partial charge in [-0.2, -0.15) is 0 Å². The Morgan fingerprint density at radius 3 is 2.52 bits per heavy atom. The first-order valence-electron chi connectivity index (χ1n) is 8.61. The van der Waals surface area contributed by atoms with Crippen molar-refractivity contribution in [2.75, 3.05) is 51.4 Å². The van der Waals surface area contributed by atoms with E-state index in [4.69, 9.17) is 9.47 Å². The van der Waals surface area contributed by atoms with Gasteiger partial charge in [-0.15, -0.1) is 0 Å². The molecule has 2 aliphatic rings. The molecule has 0 aromatic heterocycles. The average Bonchev–Trinajstić information content (AvgIpc) is 2.62. The Labute approximate surface area is 147 Å². The van der Waals surface area contributed by atoms with Crippen molar-refractivity contribution >= 4 is 17.6 Å². The van der Waals surface area contributed by atoms with Crippen LogP contribution in [-0.2, 0) is 9.47 Å². The number of benzene rings is 1. The number of carbonyl (C=O) groups is 2. The standard InChI is InChI=1S/C18H25N3O4/c1-18(2)13-25-11-8-21(18)16(22)14-4-3-5-15(12-14)19-17(23)20-6-9-24-10-7-20/h3-5,12H,6-11,13H2,1-2H3,(H,19,23). The third kappa shape index (κ3) is 4.11. The summed E-state index contributed by atoms with van der Waals surface area (Å²) >= 11 is 0. The van der Waals surface area contributed by atoms with Crippen molar-refractivity contribution in [3.05, 3.63) is 29.8 Å². The highest BCUT2D eigenvalue weighted by atomic mass is 16.5.